The maximum atomic E-state index is 6.35. The predicted octanol–water partition coefficient (Wildman–Crippen LogP) is 17.7. The monoisotopic (exact) mass is 867 g/mol. The third-order valence-corrected chi connectivity index (χ3v) is 13.9. The largest absolute Gasteiger partial charge is 0.456 e. The Labute approximate surface area is 392 Å². The van der Waals surface area contributed by atoms with Crippen molar-refractivity contribution in [1.82, 2.24) is 9.13 Å². The van der Waals surface area contributed by atoms with Crippen LogP contribution < -0.4 is 4.90 Å². The van der Waals surface area contributed by atoms with E-state index in [0.29, 0.717) is 0 Å². The van der Waals surface area contributed by atoms with Crippen LogP contribution in [-0.4, -0.2) is 9.13 Å². The minimum atomic E-state index is 0.873. The smallest absolute Gasteiger partial charge is 0.135 e. The Morgan fingerprint density at radius 3 is 1.54 bits per heavy atom. The average Bonchev–Trinajstić information content (AvgIpc) is 4.06. The van der Waals surface area contributed by atoms with Crippen molar-refractivity contribution in [2.24, 2.45) is 0 Å². The van der Waals surface area contributed by atoms with Crippen LogP contribution in [0.5, 0.6) is 0 Å². The number of nitrogens with zero attached hydrogens (tertiary/aromatic N) is 3. The first-order valence-corrected chi connectivity index (χ1v) is 23.2. The molecule has 0 aliphatic heterocycles. The minimum absolute atomic E-state index is 0.873. The van der Waals surface area contributed by atoms with Crippen LogP contribution in [-0.2, 0) is 0 Å². The van der Waals surface area contributed by atoms with E-state index in [1.807, 2.05) is 12.1 Å². The first-order valence-electron chi connectivity index (χ1n) is 23.2. The van der Waals surface area contributed by atoms with E-state index < -0.39 is 0 Å². The molecule has 11 aromatic carbocycles. The lowest BCUT2D eigenvalue weighted by Crippen LogP contribution is -2.10. The van der Waals surface area contributed by atoms with Crippen LogP contribution in [0.1, 0.15) is 0 Å². The highest BCUT2D eigenvalue weighted by atomic mass is 16.3. The molecule has 14 rings (SSSR count). The Bertz CT molecular complexity index is 4250. The van der Waals surface area contributed by atoms with Crippen LogP contribution in [0.4, 0.5) is 17.1 Å². The molecule has 0 fully saturated rings. The summed E-state index contributed by atoms with van der Waals surface area (Å²) >= 11 is 0. The molecule has 0 saturated carbocycles. The summed E-state index contributed by atoms with van der Waals surface area (Å²) in [6.07, 6.45) is 0. The highest BCUT2D eigenvalue weighted by molar-refractivity contribution is 6.14. The molecule has 4 heteroatoms. The second-order valence-electron chi connectivity index (χ2n) is 17.7. The van der Waals surface area contributed by atoms with Gasteiger partial charge in [-0.2, -0.15) is 0 Å². The van der Waals surface area contributed by atoms with E-state index >= 15 is 0 Å². The second-order valence-corrected chi connectivity index (χ2v) is 17.7. The van der Waals surface area contributed by atoms with E-state index in [0.717, 1.165) is 61.3 Å². The van der Waals surface area contributed by atoms with Crippen molar-refractivity contribution in [2.45, 2.75) is 0 Å². The molecule has 0 radical (unpaired) electrons. The van der Waals surface area contributed by atoms with Gasteiger partial charge in [-0.1, -0.05) is 152 Å². The number of anilines is 3. The quantitative estimate of drug-likeness (QED) is 0.160. The van der Waals surface area contributed by atoms with Crippen LogP contribution in [0.2, 0.25) is 0 Å². The molecule has 0 spiro atoms. The number of aromatic nitrogens is 2. The fraction of sp³-hybridized carbons (Fsp3) is 0. The zero-order valence-corrected chi connectivity index (χ0v) is 36.9. The maximum Gasteiger partial charge on any atom is 0.135 e. The van der Waals surface area contributed by atoms with Crippen LogP contribution in [0.15, 0.2) is 253 Å². The van der Waals surface area contributed by atoms with Gasteiger partial charge >= 0.3 is 0 Å². The first-order chi connectivity index (χ1) is 33.7. The van der Waals surface area contributed by atoms with Gasteiger partial charge in [0.05, 0.1) is 27.8 Å². The van der Waals surface area contributed by atoms with Gasteiger partial charge in [-0.05, 0) is 125 Å². The number of rotatable bonds is 7. The summed E-state index contributed by atoms with van der Waals surface area (Å²) in [6, 6.07) is 90.0. The highest BCUT2D eigenvalue weighted by Crippen LogP contribution is 2.45. The summed E-state index contributed by atoms with van der Waals surface area (Å²) in [5.74, 6) is 0. The average molecular weight is 868 g/mol. The number of hydrogen-bond donors (Lipinski definition) is 0. The fourth-order valence-corrected chi connectivity index (χ4v) is 10.8. The molecular formula is C64H41N3O. The van der Waals surface area contributed by atoms with Gasteiger partial charge in [0.25, 0.3) is 0 Å². The zero-order valence-electron chi connectivity index (χ0n) is 36.9. The minimum Gasteiger partial charge on any atom is -0.456 e. The molecule has 68 heavy (non-hydrogen) atoms. The Morgan fingerprint density at radius 2 is 0.809 bits per heavy atom. The lowest BCUT2D eigenvalue weighted by Gasteiger charge is -2.28. The summed E-state index contributed by atoms with van der Waals surface area (Å²) in [5.41, 5.74) is 16.8. The highest BCUT2D eigenvalue weighted by Gasteiger charge is 2.21. The normalized spacial score (nSPS) is 11.8. The van der Waals surface area contributed by atoms with Crippen molar-refractivity contribution in [3.63, 3.8) is 0 Å². The van der Waals surface area contributed by atoms with Gasteiger partial charge in [0.15, 0.2) is 0 Å². The molecule has 4 nitrogen and oxygen atoms in total. The van der Waals surface area contributed by atoms with Crippen molar-refractivity contribution >= 4 is 93.4 Å². The topological polar surface area (TPSA) is 26.2 Å². The van der Waals surface area contributed by atoms with Gasteiger partial charge in [0.1, 0.15) is 11.2 Å². The van der Waals surface area contributed by atoms with Crippen molar-refractivity contribution in [1.29, 1.82) is 0 Å². The number of para-hydroxylation sites is 5. The number of fused-ring (bicyclic) bond motifs is 10. The van der Waals surface area contributed by atoms with E-state index in [9.17, 15) is 0 Å². The van der Waals surface area contributed by atoms with Crippen molar-refractivity contribution in [3.8, 4) is 33.6 Å². The van der Waals surface area contributed by atoms with E-state index in [1.54, 1.807) is 0 Å². The Kier molecular flexibility index (Phi) is 8.55. The lowest BCUT2D eigenvalue weighted by atomic mass is 9.95. The van der Waals surface area contributed by atoms with E-state index in [1.165, 1.54) is 65.7 Å². The van der Waals surface area contributed by atoms with E-state index in [2.05, 4.69) is 251 Å². The number of benzene rings is 11. The van der Waals surface area contributed by atoms with Gasteiger partial charge in [-0.15, -0.1) is 0 Å². The molecule has 0 N–H and O–H groups in total. The van der Waals surface area contributed by atoms with Gasteiger partial charge in [-0.3, -0.25) is 0 Å². The molecule has 318 valence electrons. The summed E-state index contributed by atoms with van der Waals surface area (Å²) < 4.78 is 11.1. The number of furan rings is 1. The van der Waals surface area contributed by atoms with E-state index in [4.69, 9.17) is 4.42 Å². The first kappa shape index (κ1) is 38.2. The third kappa shape index (κ3) is 5.94. The molecular weight excluding hydrogens is 827 g/mol. The van der Waals surface area contributed by atoms with Crippen molar-refractivity contribution < 1.29 is 4.42 Å². The summed E-state index contributed by atoms with van der Waals surface area (Å²) in [4.78, 5) is 2.41. The van der Waals surface area contributed by atoms with Crippen LogP contribution >= 0.6 is 0 Å². The third-order valence-electron chi connectivity index (χ3n) is 13.9. The van der Waals surface area contributed by atoms with E-state index in [-0.39, 0.29) is 0 Å². The Morgan fingerprint density at radius 1 is 0.279 bits per heavy atom. The van der Waals surface area contributed by atoms with Crippen LogP contribution in [0.25, 0.3) is 110 Å². The van der Waals surface area contributed by atoms with Crippen LogP contribution in [0, 0.1) is 0 Å². The molecule has 0 unspecified atom stereocenters. The Hall–Kier alpha value is -9.12. The standard InChI is InChI=1S/C64H41N3O/c1-3-15-45(16-4-1)66-59-25-13-10-22-53(59)56-39-44(30-36-61(56)66)49-35-37-60(51-20-8-7-19-50(49)51)65(48-33-38-64-57(41-48)55-23-11-14-26-63(55)68-64)47-31-27-42(28-32-47)43-29-34-54-52-21-9-12-24-58(52)67(62(54)40-43)46-17-5-2-6-18-46/h1-41H. The van der Waals surface area contributed by atoms with Crippen molar-refractivity contribution in [2.75, 3.05) is 4.90 Å². The molecule has 3 aromatic heterocycles. The molecule has 14 aromatic rings. The summed E-state index contributed by atoms with van der Waals surface area (Å²) in [7, 11) is 0. The summed E-state index contributed by atoms with van der Waals surface area (Å²) in [6.45, 7) is 0. The SMILES string of the molecule is c1ccc(-n2c3ccccc3c3cc(-c4ccc(N(c5ccc(-c6ccc7c8ccccc8n(-c8ccccc8)c7c6)cc5)c5ccc6oc7ccccc7c6c5)c5ccccc45)ccc32)cc1. The molecule has 0 atom stereocenters. The summed E-state index contributed by atoms with van der Waals surface area (Å²) in [5, 5.41) is 9.51. The number of hydrogen-bond acceptors (Lipinski definition) is 2. The maximum absolute atomic E-state index is 6.35. The molecule has 0 aliphatic carbocycles. The van der Waals surface area contributed by atoms with Gasteiger partial charge in [-0.25, -0.2) is 0 Å². The molecule has 0 amide bonds. The molecule has 0 aliphatic rings. The van der Waals surface area contributed by atoms with Crippen LogP contribution in [0.3, 0.4) is 0 Å². The lowest BCUT2D eigenvalue weighted by molar-refractivity contribution is 0.669. The van der Waals surface area contributed by atoms with Crippen molar-refractivity contribution in [3.05, 3.63) is 249 Å². The Balaban J connectivity index is 0.926. The molecule has 0 bridgehead atoms. The molecule has 3 heterocycles. The van der Waals surface area contributed by atoms with Gasteiger partial charge < -0.3 is 18.5 Å². The van der Waals surface area contributed by atoms with Gasteiger partial charge in [0, 0.05) is 60.5 Å². The fourth-order valence-electron chi connectivity index (χ4n) is 10.8. The predicted molar refractivity (Wildman–Crippen MR) is 285 cm³/mol. The zero-order chi connectivity index (χ0) is 44.7. The second kappa shape index (κ2) is 15.2. The molecule has 0 saturated heterocycles. The van der Waals surface area contributed by atoms with Gasteiger partial charge in [0.2, 0.25) is 0 Å².